The summed E-state index contributed by atoms with van der Waals surface area (Å²) in [6.45, 7) is 3.00. The molecule has 14 heavy (non-hydrogen) atoms. The highest BCUT2D eigenvalue weighted by atomic mass is 28.3. The van der Waals surface area contributed by atoms with Gasteiger partial charge in [-0.3, -0.25) is 0 Å². The van der Waals surface area contributed by atoms with Crippen LogP contribution in [-0.2, 0) is 15.5 Å². The minimum atomic E-state index is -2.39. The summed E-state index contributed by atoms with van der Waals surface area (Å²) in [6, 6.07) is 9.76. The zero-order chi connectivity index (χ0) is 10.2. The Morgan fingerprint density at radius 3 is 2.57 bits per heavy atom. The highest BCUT2D eigenvalue weighted by molar-refractivity contribution is 6.34. The van der Waals surface area contributed by atoms with Crippen molar-refractivity contribution in [1.29, 1.82) is 0 Å². The van der Waals surface area contributed by atoms with Crippen LogP contribution in [0.2, 0.25) is 0 Å². The molecule has 1 rings (SSSR count). The zero-order valence-corrected chi connectivity index (χ0v) is 9.50. The van der Waals surface area contributed by atoms with Crippen LogP contribution in [0.3, 0.4) is 0 Å². The first-order valence-electron chi connectivity index (χ1n) is 4.78. The average molecular weight is 212 g/mol. The van der Waals surface area contributed by atoms with Gasteiger partial charge in [0.1, 0.15) is 0 Å². The fourth-order valence-corrected chi connectivity index (χ4v) is 1.88. The van der Waals surface area contributed by atoms with Gasteiger partial charge in [0.25, 0.3) is 0 Å². The number of hydrogen-bond acceptors (Lipinski definition) is 3. The molecule has 0 bridgehead atoms. The second-order valence-corrected chi connectivity index (χ2v) is 4.26. The monoisotopic (exact) mass is 212 g/mol. The molecule has 0 aromatic heterocycles. The lowest BCUT2D eigenvalue weighted by molar-refractivity contribution is 0.126. The summed E-state index contributed by atoms with van der Waals surface area (Å²) >= 11 is 0. The lowest BCUT2D eigenvalue weighted by Gasteiger charge is -2.09. The largest absolute Gasteiger partial charge is 0.481 e. The van der Waals surface area contributed by atoms with Crippen molar-refractivity contribution in [2.45, 2.75) is 20.0 Å². The van der Waals surface area contributed by atoms with Gasteiger partial charge < -0.3 is 13.6 Å². The Kier molecular flexibility index (Phi) is 5.47. The minimum Gasteiger partial charge on any atom is -0.392 e. The molecule has 0 heterocycles. The van der Waals surface area contributed by atoms with Crippen molar-refractivity contribution in [3.8, 4) is 0 Å². The predicted molar refractivity (Wildman–Crippen MR) is 56.8 cm³/mol. The first kappa shape index (κ1) is 11.4. The third-order valence-electron chi connectivity index (χ3n) is 1.70. The van der Waals surface area contributed by atoms with Crippen molar-refractivity contribution in [3.63, 3.8) is 0 Å². The van der Waals surface area contributed by atoms with Crippen LogP contribution in [0.5, 0.6) is 0 Å². The number of benzene rings is 1. The van der Waals surface area contributed by atoms with Gasteiger partial charge in [0.05, 0.1) is 6.61 Å². The summed E-state index contributed by atoms with van der Waals surface area (Å²) in [6.07, 6.45) is 0.902. The molecule has 0 amide bonds. The van der Waals surface area contributed by atoms with Crippen molar-refractivity contribution in [1.82, 2.24) is 0 Å². The maximum Gasteiger partial charge on any atom is 0.481 e. The van der Waals surface area contributed by atoms with E-state index in [4.69, 9.17) is 8.85 Å². The van der Waals surface area contributed by atoms with E-state index in [-0.39, 0.29) is 0 Å². The molecule has 3 nitrogen and oxygen atoms in total. The van der Waals surface area contributed by atoms with Gasteiger partial charge in [-0.25, -0.2) is 0 Å². The summed E-state index contributed by atoms with van der Waals surface area (Å²) in [5.74, 6) is 0. The summed E-state index contributed by atoms with van der Waals surface area (Å²) in [5, 5.41) is 0. The van der Waals surface area contributed by atoms with Crippen LogP contribution in [0.4, 0.5) is 0 Å². The molecule has 0 saturated heterocycles. The molecule has 0 aliphatic heterocycles. The van der Waals surface area contributed by atoms with Crippen molar-refractivity contribution >= 4 is 9.53 Å². The summed E-state index contributed by atoms with van der Waals surface area (Å²) in [7, 11) is -2.39. The molecule has 0 fully saturated rings. The molecule has 4 heteroatoms. The molecule has 1 N–H and O–H groups in total. The van der Waals surface area contributed by atoms with E-state index < -0.39 is 9.53 Å². The topological polar surface area (TPSA) is 38.7 Å². The van der Waals surface area contributed by atoms with Gasteiger partial charge in [-0.05, 0) is 12.0 Å². The van der Waals surface area contributed by atoms with E-state index in [0.29, 0.717) is 13.2 Å². The quantitative estimate of drug-likeness (QED) is 0.723. The molecule has 1 aromatic carbocycles. The second kappa shape index (κ2) is 6.72. The van der Waals surface area contributed by atoms with E-state index in [1.165, 1.54) is 0 Å². The summed E-state index contributed by atoms with van der Waals surface area (Å²) in [4.78, 5) is 9.34. The molecule has 78 valence electrons. The van der Waals surface area contributed by atoms with Crippen molar-refractivity contribution in [3.05, 3.63) is 35.9 Å². The van der Waals surface area contributed by atoms with Gasteiger partial charge in [-0.2, -0.15) is 0 Å². The molecule has 1 aromatic rings. The lowest BCUT2D eigenvalue weighted by atomic mass is 10.2. The van der Waals surface area contributed by atoms with E-state index in [9.17, 15) is 4.80 Å². The normalized spacial score (nSPS) is 12.7. The molecule has 0 aliphatic carbocycles. The zero-order valence-electron chi connectivity index (χ0n) is 8.35. The van der Waals surface area contributed by atoms with Crippen LogP contribution < -0.4 is 0 Å². The first-order chi connectivity index (χ1) is 6.83. The smallest absolute Gasteiger partial charge is 0.392 e. The van der Waals surface area contributed by atoms with Crippen LogP contribution in [0.1, 0.15) is 18.9 Å². The van der Waals surface area contributed by atoms with Crippen LogP contribution in [-0.4, -0.2) is 20.9 Å². The molecular formula is C10H16O3Si. The van der Waals surface area contributed by atoms with Gasteiger partial charge in [0.15, 0.2) is 0 Å². The molecule has 1 unspecified atom stereocenters. The maximum absolute atomic E-state index is 9.34. The second-order valence-electron chi connectivity index (χ2n) is 2.97. The van der Waals surface area contributed by atoms with Crippen molar-refractivity contribution < 1.29 is 13.6 Å². The molecule has 1 atom stereocenters. The highest BCUT2D eigenvalue weighted by Crippen LogP contribution is 2.01. The highest BCUT2D eigenvalue weighted by Gasteiger charge is 2.08. The first-order valence-corrected chi connectivity index (χ1v) is 6.24. The molecule has 0 saturated carbocycles. The lowest BCUT2D eigenvalue weighted by Crippen LogP contribution is -2.22. The Morgan fingerprint density at radius 1 is 1.21 bits per heavy atom. The Hall–Kier alpha value is -0.683. The SMILES string of the molecule is CCCO[SiH](O)OCc1ccccc1. The third-order valence-corrected chi connectivity index (χ3v) is 2.67. The fraction of sp³-hybridized carbons (Fsp3) is 0.400. The Bertz CT molecular complexity index is 240. The van der Waals surface area contributed by atoms with Crippen LogP contribution in [0.15, 0.2) is 30.3 Å². The maximum atomic E-state index is 9.34. The van der Waals surface area contributed by atoms with Gasteiger partial charge >= 0.3 is 9.53 Å². The van der Waals surface area contributed by atoms with E-state index in [0.717, 1.165) is 12.0 Å². The molecule has 0 spiro atoms. The molecule has 0 aliphatic rings. The van der Waals surface area contributed by atoms with Gasteiger partial charge in [0, 0.05) is 6.61 Å². The Morgan fingerprint density at radius 2 is 1.93 bits per heavy atom. The minimum absolute atomic E-state index is 0.429. The van der Waals surface area contributed by atoms with Crippen LogP contribution in [0, 0.1) is 0 Å². The fourth-order valence-electron chi connectivity index (χ4n) is 1.01. The van der Waals surface area contributed by atoms with Gasteiger partial charge in [-0.15, -0.1) is 0 Å². The predicted octanol–water partition coefficient (Wildman–Crippen LogP) is 1.34. The number of hydrogen-bond donors (Lipinski definition) is 1. The Labute approximate surface area is 86.3 Å². The van der Waals surface area contributed by atoms with Gasteiger partial charge in [-0.1, -0.05) is 37.3 Å². The number of rotatable bonds is 6. The van der Waals surface area contributed by atoms with Crippen LogP contribution in [0.25, 0.3) is 0 Å². The average Bonchev–Trinajstić information content (AvgIpc) is 2.25. The Balaban J connectivity index is 2.20. The molecule has 0 radical (unpaired) electrons. The van der Waals surface area contributed by atoms with Crippen molar-refractivity contribution in [2.75, 3.05) is 6.61 Å². The standard InChI is InChI=1S/C10H16O3Si/c1-2-8-12-14(11)13-9-10-6-4-3-5-7-10/h3-7,11,14H,2,8-9H2,1H3. The molecular weight excluding hydrogens is 196 g/mol. The van der Waals surface area contributed by atoms with E-state index in [2.05, 4.69) is 0 Å². The summed E-state index contributed by atoms with van der Waals surface area (Å²) in [5.41, 5.74) is 1.05. The van der Waals surface area contributed by atoms with Crippen LogP contribution >= 0.6 is 0 Å². The summed E-state index contributed by atoms with van der Waals surface area (Å²) < 4.78 is 10.3. The van der Waals surface area contributed by atoms with E-state index in [1.807, 2.05) is 37.3 Å². The van der Waals surface area contributed by atoms with Gasteiger partial charge in [0.2, 0.25) is 0 Å². The van der Waals surface area contributed by atoms with Crippen molar-refractivity contribution in [2.24, 2.45) is 0 Å². The third kappa shape index (κ3) is 4.52. The van der Waals surface area contributed by atoms with E-state index in [1.54, 1.807) is 0 Å². The van der Waals surface area contributed by atoms with E-state index >= 15 is 0 Å².